The predicted octanol–water partition coefficient (Wildman–Crippen LogP) is 1.64. The van der Waals surface area contributed by atoms with Crippen LogP contribution in [0.25, 0.3) is 6.08 Å². The number of amides is 1. The monoisotopic (exact) mass is 228 g/mol. The summed E-state index contributed by atoms with van der Waals surface area (Å²) in [6, 6.07) is 7.30. The molecule has 4 N–H and O–H groups in total. The summed E-state index contributed by atoms with van der Waals surface area (Å²) < 4.78 is 0. The van der Waals surface area contributed by atoms with E-state index in [-0.39, 0.29) is 5.91 Å². The normalized spacial score (nSPS) is 10.6. The van der Waals surface area contributed by atoms with E-state index in [0.717, 1.165) is 5.56 Å². The van der Waals surface area contributed by atoms with Crippen molar-refractivity contribution in [3.05, 3.63) is 48.3 Å². The fourth-order valence-corrected chi connectivity index (χ4v) is 1.34. The summed E-state index contributed by atoms with van der Waals surface area (Å²) in [5, 5.41) is 8.99. The van der Waals surface area contributed by atoms with Crippen LogP contribution in [0.5, 0.6) is 0 Å². The Bertz CT molecular complexity index is 531. The maximum atomic E-state index is 11.5. The Hall–Kier alpha value is -2.56. The number of anilines is 2. The number of nitrogens with two attached hydrogens (primary N) is 1. The summed E-state index contributed by atoms with van der Waals surface area (Å²) in [7, 11) is 0. The van der Waals surface area contributed by atoms with Crippen molar-refractivity contribution in [1.82, 2.24) is 10.2 Å². The largest absolute Gasteiger partial charge is 0.399 e. The second kappa shape index (κ2) is 4.98. The van der Waals surface area contributed by atoms with Gasteiger partial charge in [0.25, 0.3) is 0 Å². The second-order valence-electron chi connectivity index (χ2n) is 3.48. The molecule has 0 aliphatic heterocycles. The molecule has 5 heteroatoms. The lowest BCUT2D eigenvalue weighted by molar-refractivity contribution is -0.111. The summed E-state index contributed by atoms with van der Waals surface area (Å²) >= 11 is 0. The van der Waals surface area contributed by atoms with Gasteiger partial charge in [-0.1, -0.05) is 12.1 Å². The first kappa shape index (κ1) is 10.9. The lowest BCUT2D eigenvalue weighted by Gasteiger charge is -1.97. The van der Waals surface area contributed by atoms with Gasteiger partial charge < -0.3 is 11.1 Å². The van der Waals surface area contributed by atoms with Crippen molar-refractivity contribution in [1.29, 1.82) is 0 Å². The molecule has 0 saturated heterocycles. The van der Waals surface area contributed by atoms with Crippen LogP contribution in [-0.2, 0) is 4.79 Å². The number of nitrogen functional groups attached to an aromatic ring is 1. The van der Waals surface area contributed by atoms with Crippen LogP contribution in [-0.4, -0.2) is 16.1 Å². The third kappa shape index (κ3) is 3.20. The summed E-state index contributed by atoms with van der Waals surface area (Å²) in [6.45, 7) is 0. The highest BCUT2D eigenvalue weighted by Crippen LogP contribution is 2.08. The molecule has 2 rings (SSSR count). The average molecular weight is 228 g/mol. The van der Waals surface area contributed by atoms with Crippen LogP contribution >= 0.6 is 0 Å². The van der Waals surface area contributed by atoms with Crippen molar-refractivity contribution in [2.45, 2.75) is 0 Å². The van der Waals surface area contributed by atoms with Crippen LogP contribution in [0.2, 0.25) is 0 Å². The summed E-state index contributed by atoms with van der Waals surface area (Å²) in [5.74, 6) is -0.214. The Labute approximate surface area is 98.3 Å². The number of carbonyl (C=O) groups is 1. The van der Waals surface area contributed by atoms with Gasteiger partial charge in [0.2, 0.25) is 5.91 Å². The number of hydrogen-bond acceptors (Lipinski definition) is 3. The zero-order valence-corrected chi connectivity index (χ0v) is 9.05. The summed E-state index contributed by atoms with van der Waals surface area (Å²) in [6.07, 6.45) is 6.28. The minimum absolute atomic E-state index is 0.214. The maximum absolute atomic E-state index is 11.5. The van der Waals surface area contributed by atoms with E-state index in [1.807, 2.05) is 12.1 Å². The van der Waals surface area contributed by atoms with Gasteiger partial charge in [-0.15, -0.1) is 0 Å². The second-order valence-corrected chi connectivity index (χ2v) is 3.48. The molecule has 1 amide bonds. The van der Waals surface area contributed by atoms with Crippen molar-refractivity contribution in [3.8, 4) is 0 Å². The van der Waals surface area contributed by atoms with Gasteiger partial charge in [-0.3, -0.25) is 9.89 Å². The van der Waals surface area contributed by atoms with Gasteiger partial charge in [-0.25, -0.2) is 0 Å². The number of H-pyrrole nitrogens is 1. The van der Waals surface area contributed by atoms with E-state index in [2.05, 4.69) is 15.5 Å². The molecule has 0 fully saturated rings. The number of nitrogens with one attached hydrogen (secondary N) is 2. The van der Waals surface area contributed by atoms with Crippen molar-refractivity contribution >= 4 is 23.4 Å². The number of aromatic nitrogens is 2. The lowest BCUT2D eigenvalue weighted by atomic mass is 10.2. The fourth-order valence-electron chi connectivity index (χ4n) is 1.34. The highest BCUT2D eigenvalue weighted by Gasteiger charge is 1.97. The Morgan fingerprint density at radius 1 is 1.47 bits per heavy atom. The minimum Gasteiger partial charge on any atom is -0.399 e. The molecule has 86 valence electrons. The van der Waals surface area contributed by atoms with Gasteiger partial charge in [0.1, 0.15) is 0 Å². The average Bonchev–Trinajstić information content (AvgIpc) is 2.79. The third-order valence-electron chi connectivity index (χ3n) is 2.10. The van der Waals surface area contributed by atoms with Gasteiger partial charge >= 0.3 is 0 Å². The molecule has 5 nitrogen and oxygen atoms in total. The van der Waals surface area contributed by atoms with Gasteiger partial charge in [-0.05, 0) is 23.8 Å². The molecule has 17 heavy (non-hydrogen) atoms. The van der Waals surface area contributed by atoms with E-state index in [9.17, 15) is 4.79 Å². The first-order valence-corrected chi connectivity index (χ1v) is 5.07. The smallest absolute Gasteiger partial charge is 0.248 e. The minimum atomic E-state index is -0.214. The van der Waals surface area contributed by atoms with Crippen molar-refractivity contribution in [2.75, 3.05) is 11.1 Å². The van der Waals surface area contributed by atoms with Crippen LogP contribution in [0.3, 0.4) is 0 Å². The Morgan fingerprint density at radius 2 is 2.35 bits per heavy atom. The molecule has 0 aliphatic rings. The Kier molecular flexibility index (Phi) is 3.20. The quantitative estimate of drug-likeness (QED) is 0.551. The highest BCUT2D eigenvalue weighted by molar-refractivity contribution is 6.01. The van der Waals surface area contributed by atoms with E-state index in [4.69, 9.17) is 5.73 Å². The third-order valence-corrected chi connectivity index (χ3v) is 2.10. The molecule has 2 aromatic rings. The van der Waals surface area contributed by atoms with Crippen molar-refractivity contribution < 1.29 is 4.79 Å². The van der Waals surface area contributed by atoms with Crippen LogP contribution in [0.1, 0.15) is 5.56 Å². The molecule has 1 aromatic carbocycles. The SMILES string of the molecule is Nc1cccc(/C=C/C(=O)Nc2cn[nH]c2)c1. The standard InChI is InChI=1S/C12H12N4O/c13-10-3-1-2-9(6-10)4-5-12(17)16-11-7-14-15-8-11/h1-8H,13H2,(H,14,15)(H,16,17)/b5-4+. The molecule has 0 bridgehead atoms. The topological polar surface area (TPSA) is 83.8 Å². The maximum Gasteiger partial charge on any atom is 0.248 e. The molecule has 0 saturated carbocycles. The van der Waals surface area contributed by atoms with Crippen LogP contribution in [0, 0.1) is 0 Å². The molecule has 0 unspecified atom stereocenters. The van der Waals surface area contributed by atoms with Gasteiger partial charge in [0.05, 0.1) is 11.9 Å². The molecular weight excluding hydrogens is 216 g/mol. The first-order valence-electron chi connectivity index (χ1n) is 5.07. The van der Waals surface area contributed by atoms with Crippen LogP contribution < -0.4 is 11.1 Å². The highest BCUT2D eigenvalue weighted by atomic mass is 16.1. The van der Waals surface area contributed by atoms with E-state index >= 15 is 0 Å². The Balaban J connectivity index is 1.99. The molecule has 0 spiro atoms. The first-order chi connectivity index (χ1) is 8.24. The fraction of sp³-hybridized carbons (Fsp3) is 0. The molecule has 0 aliphatic carbocycles. The molecule has 0 radical (unpaired) electrons. The van der Waals surface area contributed by atoms with E-state index in [0.29, 0.717) is 11.4 Å². The van der Waals surface area contributed by atoms with E-state index < -0.39 is 0 Å². The van der Waals surface area contributed by atoms with Gasteiger partial charge in [-0.2, -0.15) is 5.10 Å². The van der Waals surface area contributed by atoms with E-state index in [1.54, 1.807) is 24.4 Å². The molecule has 0 atom stereocenters. The zero-order chi connectivity index (χ0) is 12.1. The van der Waals surface area contributed by atoms with E-state index in [1.165, 1.54) is 12.3 Å². The van der Waals surface area contributed by atoms with Gasteiger partial charge in [0.15, 0.2) is 0 Å². The van der Waals surface area contributed by atoms with Gasteiger partial charge in [0, 0.05) is 18.0 Å². The number of aromatic amines is 1. The number of benzene rings is 1. The molecule has 1 aromatic heterocycles. The number of carbonyl (C=O) groups excluding carboxylic acids is 1. The van der Waals surface area contributed by atoms with Crippen molar-refractivity contribution in [3.63, 3.8) is 0 Å². The summed E-state index contributed by atoms with van der Waals surface area (Å²) in [4.78, 5) is 11.5. The Morgan fingerprint density at radius 3 is 3.06 bits per heavy atom. The number of nitrogens with zero attached hydrogens (tertiary/aromatic N) is 1. The van der Waals surface area contributed by atoms with Crippen LogP contribution in [0.4, 0.5) is 11.4 Å². The lowest BCUT2D eigenvalue weighted by Crippen LogP contribution is -2.06. The van der Waals surface area contributed by atoms with Crippen LogP contribution in [0.15, 0.2) is 42.7 Å². The number of rotatable bonds is 3. The zero-order valence-electron chi connectivity index (χ0n) is 9.05. The predicted molar refractivity (Wildman–Crippen MR) is 67.1 cm³/mol. The molecule has 1 heterocycles. The van der Waals surface area contributed by atoms with Crippen molar-refractivity contribution in [2.24, 2.45) is 0 Å². The summed E-state index contributed by atoms with van der Waals surface area (Å²) in [5.41, 5.74) is 7.81. The molecular formula is C12H12N4O. The number of hydrogen-bond donors (Lipinski definition) is 3.